The summed E-state index contributed by atoms with van der Waals surface area (Å²) in [5.74, 6) is 0.402. The molecule has 0 radical (unpaired) electrons. The van der Waals surface area contributed by atoms with Gasteiger partial charge in [0.2, 0.25) is 0 Å². The Hall–Kier alpha value is -1.64. The minimum Gasteiger partial charge on any atom is -0.461 e. The van der Waals surface area contributed by atoms with E-state index in [-0.39, 0.29) is 37.1 Å². The number of Topliss-reactive ketones (excluding diaryl/α,β-unsaturated/α-hetero) is 1. The zero-order chi connectivity index (χ0) is 15.8. The van der Waals surface area contributed by atoms with Crippen LogP contribution in [-0.4, -0.2) is 11.8 Å². The Kier molecular flexibility index (Phi) is 7.13. The third-order valence-electron chi connectivity index (χ3n) is 3.29. The van der Waals surface area contributed by atoms with Crippen molar-refractivity contribution in [2.45, 2.75) is 53.6 Å². The van der Waals surface area contributed by atoms with Gasteiger partial charge in [0.25, 0.3) is 0 Å². The monoisotopic (exact) mass is 290 g/mol. The van der Waals surface area contributed by atoms with Crippen molar-refractivity contribution in [1.29, 1.82) is 0 Å². The maximum atomic E-state index is 11.6. The molecule has 1 rings (SSSR count). The minimum absolute atomic E-state index is 0.0219. The first kappa shape index (κ1) is 17.4. The largest absolute Gasteiger partial charge is 0.461 e. The topological polar surface area (TPSA) is 43.4 Å². The number of benzene rings is 1. The zero-order valence-electron chi connectivity index (χ0n) is 13.5. The number of ether oxygens (including phenoxy) is 1. The summed E-state index contributed by atoms with van der Waals surface area (Å²) in [6, 6.07) is 8.13. The highest BCUT2D eigenvalue weighted by atomic mass is 16.5. The number of rotatable bonds is 8. The maximum Gasteiger partial charge on any atom is 0.306 e. The van der Waals surface area contributed by atoms with E-state index in [1.54, 1.807) is 0 Å². The van der Waals surface area contributed by atoms with Crippen LogP contribution in [0.3, 0.4) is 0 Å². The molecule has 0 fully saturated rings. The molecule has 0 bridgehead atoms. The summed E-state index contributed by atoms with van der Waals surface area (Å²) in [5, 5.41) is 0. The quantitative estimate of drug-likeness (QED) is 0.681. The molecule has 21 heavy (non-hydrogen) atoms. The first-order valence-corrected chi connectivity index (χ1v) is 7.64. The molecular weight excluding hydrogens is 264 g/mol. The molecule has 0 aliphatic rings. The molecule has 0 atom stereocenters. The number of esters is 1. The third kappa shape index (κ3) is 7.07. The Morgan fingerprint density at radius 3 is 2.05 bits per heavy atom. The predicted molar refractivity (Wildman–Crippen MR) is 83.9 cm³/mol. The lowest BCUT2D eigenvalue weighted by molar-refractivity contribution is -0.146. The summed E-state index contributed by atoms with van der Waals surface area (Å²) in [5.41, 5.74) is 2.27. The molecular formula is C18H26O3. The second-order valence-corrected chi connectivity index (χ2v) is 6.20. The molecule has 1 aromatic rings. The average Bonchev–Trinajstić information content (AvgIpc) is 2.43. The lowest BCUT2D eigenvalue weighted by Gasteiger charge is -2.08. The van der Waals surface area contributed by atoms with E-state index in [2.05, 4.69) is 26.0 Å². The molecule has 0 spiro atoms. The summed E-state index contributed by atoms with van der Waals surface area (Å²) in [4.78, 5) is 23.0. The van der Waals surface area contributed by atoms with E-state index in [1.807, 2.05) is 26.0 Å². The molecule has 0 aliphatic carbocycles. The molecule has 0 N–H and O–H groups in total. The van der Waals surface area contributed by atoms with Gasteiger partial charge in [-0.15, -0.1) is 0 Å². The van der Waals surface area contributed by atoms with Crippen molar-refractivity contribution in [3.05, 3.63) is 35.4 Å². The summed E-state index contributed by atoms with van der Waals surface area (Å²) < 4.78 is 5.19. The highest BCUT2D eigenvalue weighted by molar-refractivity contribution is 5.84. The standard InChI is InChI=1S/C18H26O3/c1-13(2)11-15-5-7-16(8-6-15)12-21-18(20)10-9-17(19)14(3)4/h5-8,13-14H,9-12H2,1-4H3. The summed E-state index contributed by atoms with van der Waals surface area (Å²) in [6.45, 7) is 8.33. The number of ketones is 1. The normalized spacial score (nSPS) is 11.0. The van der Waals surface area contributed by atoms with Gasteiger partial charge in [-0.3, -0.25) is 9.59 Å². The Bertz CT molecular complexity index is 458. The second kappa shape index (κ2) is 8.60. The van der Waals surface area contributed by atoms with Crippen LogP contribution in [-0.2, 0) is 27.4 Å². The fourth-order valence-electron chi connectivity index (χ4n) is 1.99. The molecule has 0 aliphatic heterocycles. The van der Waals surface area contributed by atoms with Crippen molar-refractivity contribution in [1.82, 2.24) is 0 Å². The van der Waals surface area contributed by atoms with Crippen LogP contribution in [0.5, 0.6) is 0 Å². The van der Waals surface area contributed by atoms with Gasteiger partial charge in [0.1, 0.15) is 12.4 Å². The maximum absolute atomic E-state index is 11.6. The van der Waals surface area contributed by atoms with E-state index in [4.69, 9.17) is 4.74 Å². The average molecular weight is 290 g/mol. The van der Waals surface area contributed by atoms with Crippen LogP contribution >= 0.6 is 0 Å². The highest BCUT2D eigenvalue weighted by Gasteiger charge is 2.11. The molecule has 0 saturated heterocycles. The van der Waals surface area contributed by atoms with Crippen LogP contribution in [0.25, 0.3) is 0 Å². The Labute approximate surface area is 127 Å². The highest BCUT2D eigenvalue weighted by Crippen LogP contribution is 2.11. The lowest BCUT2D eigenvalue weighted by Crippen LogP contribution is -2.11. The molecule has 0 saturated carbocycles. The van der Waals surface area contributed by atoms with Gasteiger partial charge < -0.3 is 4.74 Å². The van der Waals surface area contributed by atoms with Gasteiger partial charge in [-0.1, -0.05) is 52.0 Å². The first-order valence-electron chi connectivity index (χ1n) is 7.64. The van der Waals surface area contributed by atoms with Gasteiger partial charge in [-0.2, -0.15) is 0 Å². The van der Waals surface area contributed by atoms with Gasteiger partial charge in [0, 0.05) is 12.3 Å². The predicted octanol–water partition coefficient (Wildman–Crippen LogP) is 3.93. The van der Waals surface area contributed by atoms with Crippen LogP contribution in [0.15, 0.2) is 24.3 Å². The van der Waals surface area contributed by atoms with Crippen LogP contribution in [0, 0.1) is 11.8 Å². The lowest BCUT2D eigenvalue weighted by atomic mass is 10.0. The number of hydrogen-bond donors (Lipinski definition) is 0. The van der Waals surface area contributed by atoms with Gasteiger partial charge in [0.05, 0.1) is 6.42 Å². The van der Waals surface area contributed by atoms with E-state index < -0.39 is 0 Å². The second-order valence-electron chi connectivity index (χ2n) is 6.20. The van der Waals surface area contributed by atoms with Gasteiger partial charge in [-0.05, 0) is 23.5 Å². The summed E-state index contributed by atoms with van der Waals surface area (Å²) >= 11 is 0. The van der Waals surface area contributed by atoms with Gasteiger partial charge in [-0.25, -0.2) is 0 Å². The summed E-state index contributed by atoms with van der Waals surface area (Å²) in [6.07, 6.45) is 1.49. The van der Waals surface area contributed by atoms with E-state index in [1.165, 1.54) is 5.56 Å². The van der Waals surface area contributed by atoms with Gasteiger partial charge in [0.15, 0.2) is 0 Å². The smallest absolute Gasteiger partial charge is 0.306 e. The van der Waals surface area contributed by atoms with Crippen LogP contribution in [0.1, 0.15) is 51.7 Å². The zero-order valence-corrected chi connectivity index (χ0v) is 13.5. The van der Waals surface area contributed by atoms with E-state index in [0.717, 1.165) is 12.0 Å². The molecule has 3 nitrogen and oxygen atoms in total. The van der Waals surface area contributed by atoms with Crippen molar-refractivity contribution in [2.24, 2.45) is 11.8 Å². The summed E-state index contributed by atoms with van der Waals surface area (Å²) in [7, 11) is 0. The SMILES string of the molecule is CC(C)Cc1ccc(COC(=O)CCC(=O)C(C)C)cc1. The molecule has 0 unspecified atom stereocenters. The fraction of sp³-hybridized carbons (Fsp3) is 0.556. The molecule has 3 heteroatoms. The van der Waals surface area contributed by atoms with E-state index >= 15 is 0 Å². The van der Waals surface area contributed by atoms with Crippen molar-refractivity contribution >= 4 is 11.8 Å². The number of carbonyl (C=O) groups excluding carboxylic acids is 2. The Morgan fingerprint density at radius 2 is 1.52 bits per heavy atom. The third-order valence-corrected chi connectivity index (χ3v) is 3.29. The van der Waals surface area contributed by atoms with E-state index in [9.17, 15) is 9.59 Å². The molecule has 0 aromatic heterocycles. The van der Waals surface area contributed by atoms with Crippen LogP contribution in [0.4, 0.5) is 0 Å². The molecule has 0 amide bonds. The van der Waals surface area contributed by atoms with Crippen molar-refractivity contribution in [3.63, 3.8) is 0 Å². The molecule has 0 heterocycles. The minimum atomic E-state index is -0.310. The van der Waals surface area contributed by atoms with Gasteiger partial charge >= 0.3 is 5.97 Å². The van der Waals surface area contributed by atoms with Crippen LogP contribution in [0.2, 0.25) is 0 Å². The van der Waals surface area contributed by atoms with E-state index in [0.29, 0.717) is 5.92 Å². The van der Waals surface area contributed by atoms with Crippen molar-refractivity contribution in [2.75, 3.05) is 0 Å². The number of carbonyl (C=O) groups is 2. The van der Waals surface area contributed by atoms with Crippen molar-refractivity contribution < 1.29 is 14.3 Å². The Morgan fingerprint density at radius 1 is 0.952 bits per heavy atom. The molecule has 116 valence electrons. The first-order chi connectivity index (χ1) is 9.88. The number of hydrogen-bond acceptors (Lipinski definition) is 3. The fourth-order valence-corrected chi connectivity index (χ4v) is 1.99. The van der Waals surface area contributed by atoms with Crippen LogP contribution < -0.4 is 0 Å². The molecule has 1 aromatic carbocycles. The van der Waals surface area contributed by atoms with Crippen molar-refractivity contribution in [3.8, 4) is 0 Å². The Balaban J connectivity index is 2.34.